The lowest BCUT2D eigenvalue weighted by atomic mass is 9.85. The van der Waals surface area contributed by atoms with Crippen LogP contribution in [-0.2, 0) is 11.3 Å². The van der Waals surface area contributed by atoms with Gasteiger partial charge in [-0.05, 0) is 51.7 Å². The quantitative estimate of drug-likeness (QED) is 0.547. The highest BCUT2D eigenvalue weighted by Crippen LogP contribution is 2.31. The molecule has 1 saturated heterocycles. The van der Waals surface area contributed by atoms with E-state index in [1.54, 1.807) is 0 Å². The number of benzene rings is 1. The Bertz CT molecular complexity index is 1120. The summed E-state index contributed by atoms with van der Waals surface area (Å²) in [5, 5.41) is 3.86. The van der Waals surface area contributed by atoms with E-state index in [1.165, 1.54) is 16.9 Å². The third-order valence-electron chi connectivity index (χ3n) is 6.47. The van der Waals surface area contributed by atoms with Crippen LogP contribution in [0.25, 0.3) is 10.6 Å². The number of furan rings is 1. The minimum absolute atomic E-state index is 0.0369. The molecular formula is C26H31N3O3S. The first-order valence-electron chi connectivity index (χ1n) is 11.5. The number of piperidine rings is 1. The molecule has 33 heavy (non-hydrogen) atoms. The Hall–Kier alpha value is -2.93. The molecule has 0 aliphatic carbocycles. The maximum Gasteiger partial charge on any atom is 0.265 e. The van der Waals surface area contributed by atoms with Crippen LogP contribution in [0.3, 0.4) is 0 Å². The summed E-state index contributed by atoms with van der Waals surface area (Å²) in [7, 11) is 0. The van der Waals surface area contributed by atoms with Crippen LogP contribution in [0.5, 0.6) is 0 Å². The number of carbonyl (C=O) groups is 2. The van der Waals surface area contributed by atoms with E-state index < -0.39 is 0 Å². The summed E-state index contributed by atoms with van der Waals surface area (Å²) in [5.41, 5.74) is 3.02. The van der Waals surface area contributed by atoms with Gasteiger partial charge >= 0.3 is 0 Å². The van der Waals surface area contributed by atoms with Gasteiger partial charge in [-0.2, -0.15) is 0 Å². The molecule has 1 unspecified atom stereocenters. The number of nitrogens with zero attached hydrogens (tertiary/aromatic N) is 2. The lowest BCUT2D eigenvalue weighted by Crippen LogP contribution is -2.42. The van der Waals surface area contributed by atoms with Crippen molar-refractivity contribution in [2.24, 2.45) is 11.8 Å². The highest BCUT2D eigenvalue weighted by Gasteiger charge is 2.31. The molecular weight excluding hydrogens is 434 g/mol. The molecule has 1 N–H and O–H groups in total. The number of amides is 2. The molecule has 2 aromatic heterocycles. The second-order valence-corrected chi connectivity index (χ2v) is 9.95. The van der Waals surface area contributed by atoms with Crippen molar-refractivity contribution in [1.82, 2.24) is 15.2 Å². The maximum absolute atomic E-state index is 13.2. The first-order chi connectivity index (χ1) is 15.8. The van der Waals surface area contributed by atoms with E-state index in [2.05, 4.69) is 29.4 Å². The molecule has 6 nitrogen and oxygen atoms in total. The van der Waals surface area contributed by atoms with Gasteiger partial charge in [0.15, 0.2) is 0 Å². The van der Waals surface area contributed by atoms with E-state index in [0.717, 1.165) is 40.6 Å². The van der Waals surface area contributed by atoms with Crippen LogP contribution in [0.1, 0.15) is 52.2 Å². The molecule has 1 aromatic carbocycles. The van der Waals surface area contributed by atoms with Crippen molar-refractivity contribution in [3.05, 3.63) is 64.1 Å². The predicted molar refractivity (Wildman–Crippen MR) is 130 cm³/mol. The number of aryl methyl sites for hydroxylation is 3. The van der Waals surface area contributed by atoms with E-state index in [4.69, 9.17) is 4.42 Å². The molecule has 3 heterocycles. The second kappa shape index (κ2) is 9.91. The predicted octanol–water partition coefficient (Wildman–Crippen LogP) is 5.13. The molecule has 4 rings (SSSR count). The third-order valence-corrected chi connectivity index (χ3v) is 7.66. The Morgan fingerprint density at radius 2 is 1.82 bits per heavy atom. The number of likely N-dealkylation sites (tertiary alicyclic amines) is 1. The number of carbonyl (C=O) groups excluding carboxylic acids is 2. The summed E-state index contributed by atoms with van der Waals surface area (Å²) in [5.74, 6) is 1.85. The Morgan fingerprint density at radius 3 is 2.45 bits per heavy atom. The molecule has 2 amide bonds. The molecule has 3 aromatic rings. The van der Waals surface area contributed by atoms with Gasteiger partial charge in [0.25, 0.3) is 5.91 Å². The number of nitrogens with one attached hydrogen (secondary N) is 1. The summed E-state index contributed by atoms with van der Waals surface area (Å²) in [4.78, 5) is 33.1. The Kier molecular flexibility index (Phi) is 6.98. The van der Waals surface area contributed by atoms with E-state index in [1.807, 2.05) is 49.9 Å². The highest BCUT2D eigenvalue weighted by molar-refractivity contribution is 7.17. The molecule has 1 aliphatic rings. The molecule has 0 spiro atoms. The van der Waals surface area contributed by atoms with Crippen molar-refractivity contribution in [3.8, 4) is 10.6 Å². The molecule has 0 saturated carbocycles. The first kappa shape index (κ1) is 23.2. The van der Waals surface area contributed by atoms with Crippen LogP contribution < -0.4 is 5.32 Å². The Morgan fingerprint density at radius 1 is 1.12 bits per heavy atom. The van der Waals surface area contributed by atoms with Crippen LogP contribution in [0.15, 0.2) is 40.8 Å². The molecule has 0 bridgehead atoms. The average Bonchev–Trinajstić information content (AvgIpc) is 3.42. The van der Waals surface area contributed by atoms with Crippen molar-refractivity contribution in [1.29, 1.82) is 0 Å². The van der Waals surface area contributed by atoms with Gasteiger partial charge in [-0.15, -0.1) is 11.3 Å². The number of aromatic nitrogens is 1. The second-order valence-electron chi connectivity index (χ2n) is 8.95. The van der Waals surface area contributed by atoms with Crippen LogP contribution in [0.4, 0.5) is 0 Å². The molecule has 7 heteroatoms. The minimum atomic E-state index is -0.100. The SMILES string of the molecule is Cc1ccc(-c2nc(C)c(C(=O)N3CCC(C(C)C(=O)NCc4ccc(C)o4)CC3)s2)cc1. The van der Waals surface area contributed by atoms with Crippen LogP contribution in [0, 0.1) is 32.6 Å². The van der Waals surface area contributed by atoms with Gasteiger partial charge in [0.2, 0.25) is 5.91 Å². The standard InChI is InChI=1S/C26H31N3O3S/c1-16-5-8-21(9-6-16)25-28-19(4)23(33-25)26(31)29-13-11-20(12-14-29)18(3)24(30)27-15-22-10-7-17(2)32-22/h5-10,18,20H,11-15H2,1-4H3,(H,27,30). The van der Waals surface area contributed by atoms with E-state index in [0.29, 0.717) is 24.5 Å². The molecule has 1 aliphatic heterocycles. The Balaban J connectivity index is 1.32. The zero-order valence-electron chi connectivity index (χ0n) is 19.7. The maximum atomic E-state index is 13.2. The number of hydrogen-bond acceptors (Lipinski definition) is 5. The summed E-state index contributed by atoms with van der Waals surface area (Å²) in [6.07, 6.45) is 1.64. The molecule has 174 valence electrons. The first-order valence-corrected chi connectivity index (χ1v) is 12.3. The van der Waals surface area contributed by atoms with E-state index in [-0.39, 0.29) is 23.7 Å². The zero-order chi connectivity index (χ0) is 23.5. The van der Waals surface area contributed by atoms with E-state index in [9.17, 15) is 9.59 Å². The fraction of sp³-hybridized carbons (Fsp3) is 0.423. The van der Waals surface area contributed by atoms with Crippen molar-refractivity contribution in [2.45, 2.75) is 47.1 Å². The van der Waals surface area contributed by atoms with Gasteiger partial charge in [-0.25, -0.2) is 4.98 Å². The topological polar surface area (TPSA) is 75.4 Å². The van der Waals surface area contributed by atoms with Gasteiger partial charge < -0.3 is 14.6 Å². The van der Waals surface area contributed by atoms with Gasteiger partial charge in [0, 0.05) is 24.6 Å². The summed E-state index contributed by atoms with van der Waals surface area (Å²) in [6.45, 7) is 9.56. The van der Waals surface area contributed by atoms with Crippen molar-refractivity contribution in [2.75, 3.05) is 13.1 Å². The fourth-order valence-electron chi connectivity index (χ4n) is 4.29. The minimum Gasteiger partial charge on any atom is -0.465 e. The normalized spacial score (nSPS) is 15.5. The van der Waals surface area contributed by atoms with Gasteiger partial charge in [-0.1, -0.05) is 36.8 Å². The summed E-state index contributed by atoms with van der Waals surface area (Å²) < 4.78 is 5.52. The third kappa shape index (κ3) is 5.36. The smallest absolute Gasteiger partial charge is 0.265 e. The zero-order valence-corrected chi connectivity index (χ0v) is 20.5. The van der Waals surface area contributed by atoms with Crippen molar-refractivity contribution < 1.29 is 14.0 Å². The average molecular weight is 466 g/mol. The van der Waals surface area contributed by atoms with Gasteiger partial charge in [0.05, 0.1) is 12.2 Å². The fourth-order valence-corrected chi connectivity index (χ4v) is 5.33. The van der Waals surface area contributed by atoms with Crippen LogP contribution >= 0.6 is 11.3 Å². The molecule has 1 atom stereocenters. The Labute approximate surface area is 199 Å². The van der Waals surface area contributed by atoms with Crippen LogP contribution in [-0.4, -0.2) is 34.8 Å². The van der Waals surface area contributed by atoms with Gasteiger partial charge in [0.1, 0.15) is 21.4 Å². The number of rotatable bonds is 6. The van der Waals surface area contributed by atoms with Crippen LogP contribution in [0.2, 0.25) is 0 Å². The monoisotopic (exact) mass is 465 g/mol. The van der Waals surface area contributed by atoms with Crippen molar-refractivity contribution in [3.63, 3.8) is 0 Å². The van der Waals surface area contributed by atoms with Gasteiger partial charge in [-0.3, -0.25) is 9.59 Å². The lowest BCUT2D eigenvalue weighted by Gasteiger charge is -2.34. The number of hydrogen-bond donors (Lipinski definition) is 1. The molecule has 0 radical (unpaired) electrons. The summed E-state index contributed by atoms with van der Waals surface area (Å²) >= 11 is 1.46. The molecule has 1 fully saturated rings. The van der Waals surface area contributed by atoms with Crippen molar-refractivity contribution >= 4 is 23.2 Å². The number of thiazole rings is 1. The lowest BCUT2D eigenvalue weighted by molar-refractivity contribution is -0.126. The highest BCUT2D eigenvalue weighted by atomic mass is 32.1. The van der Waals surface area contributed by atoms with E-state index >= 15 is 0 Å². The summed E-state index contributed by atoms with van der Waals surface area (Å²) in [6, 6.07) is 12.0. The largest absolute Gasteiger partial charge is 0.465 e.